The second kappa shape index (κ2) is 10.6. The Bertz CT molecular complexity index is 1260. The summed E-state index contributed by atoms with van der Waals surface area (Å²) < 4.78 is 33.6. The van der Waals surface area contributed by atoms with Crippen LogP contribution < -0.4 is 10.0 Å². The quantitative estimate of drug-likeness (QED) is 0.518. The van der Waals surface area contributed by atoms with Crippen LogP contribution in [-0.4, -0.2) is 31.7 Å². The van der Waals surface area contributed by atoms with E-state index in [2.05, 4.69) is 20.0 Å². The van der Waals surface area contributed by atoms with Crippen LogP contribution in [0.5, 0.6) is 0 Å². The Kier molecular flexibility index (Phi) is 7.42. The van der Waals surface area contributed by atoms with Crippen LogP contribution in [0.1, 0.15) is 43.6 Å². The van der Waals surface area contributed by atoms with Gasteiger partial charge in [-0.3, -0.25) is 14.5 Å². The molecular formula is C25H28N4O4S. The molecule has 34 heavy (non-hydrogen) atoms. The van der Waals surface area contributed by atoms with E-state index in [9.17, 15) is 13.2 Å². The zero-order valence-electron chi connectivity index (χ0n) is 19.1. The lowest BCUT2D eigenvalue weighted by molar-refractivity contribution is -0.116. The van der Waals surface area contributed by atoms with E-state index in [-0.39, 0.29) is 17.2 Å². The molecule has 0 spiro atoms. The number of anilines is 1. The Morgan fingerprint density at radius 2 is 1.79 bits per heavy atom. The van der Waals surface area contributed by atoms with Gasteiger partial charge in [0.05, 0.1) is 11.1 Å². The molecule has 3 aromatic rings. The molecule has 0 saturated carbocycles. The number of carbonyl (C=O) groups excluding carboxylic acids is 1. The first kappa shape index (κ1) is 23.7. The van der Waals surface area contributed by atoms with Crippen molar-refractivity contribution in [2.45, 2.75) is 50.3 Å². The van der Waals surface area contributed by atoms with Gasteiger partial charge in [0.2, 0.25) is 5.91 Å². The summed E-state index contributed by atoms with van der Waals surface area (Å²) in [6.07, 6.45) is 5.78. The van der Waals surface area contributed by atoms with E-state index in [1.165, 1.54) is 12.1 Å². The molecule has 2 heterocycles. The molecule has 0 bridgehead atoms. The molecule has 1 amide bonds. The maximum Gasteiger partial charge on any atom is 0.262 e. The van der Waals surface area contributed by atoms with Crippen molar-refractivity contribution in [1.29, 1.82) is 0 Å². The Labute approximate surface area is 199 Å². The molecule has 9 heteroatoms. The first-order valence-corrected chi connectivity index (χ1v) is 12.9. The third kappa shape index (κ3) is 6.32. The van der Waals surface area contributed by atoms with Crippen molar-refractivity contribution in [3.8, 4) is 11.3 Å². The van der Waals surface area contributed by atoms with Crippen LogP contribution in [0.25, 0.3) is 11.3 Å². The Balaban J connectivity index is 1.30. The van der Waals surface area contributed by atoms with Gasteiger partial charge >= 0.3 is 0 Å². The number of oxazole rings is 1. The molecule has 2 N–H and O–H groups in total. The molecule has 0 saturated heterocycles. The van der Waals surface area contributed by atoms with Crippen LogP contribution >= 0.6 is 0 Å². The summed E-state index contributed by atoms with van der Waals surface area (Å²) in [6.45, 7) is 2.66. The standard InChI is InChI=1S/C25H28N4O4S/c1-18-6-8-19(9-7-18)22-17-27-25(33-22)15-14-24(30)28-20-10-12-21(13-11-20)34(31,32)29-23-5-3-2-4-16-26-23/h6-13,17H,2-5,14-16H2,1H3,(H,26,29)(H,28,30). The minimum atomic E-state index is -3.70. The minimum Gasteiger partial charge on any atom is -0.441 e. The van der Waals surface area contributed by atoms with Crippen LogP contribution in [0.15, 0.2) is 69.0 Å². The predicted octanol–water partition coefficient (Wildman–Crippen LogP) is 4.47. The van der Waals surface area contributed by atoms with E-state index >= 15 is 0 Å². The molecule has 2 aromatic carbocycles. The first-order valence-electron chi connectivity index (χ1n) is 11.4. The number of rotatable bonds is 7. The monoisotopic (exact) mass is 480 g/mol. The van der Waals surface area contributed by atoms with Crippen molar-refractivity contribution >= 4 is 27.5 Å². The summed E-state index contributed by atoms with van der Waals surface area (Å²) in [7, 11) is -3.70. The average molecular weight is 481 g/mol. The van der Waals surface area contributed by atoms with Crippen LogP contribution in [-0.2, 0) is 21.2 Å². The largest absolute Gasteiger partial charge is 0.441 e. The van der Waals surface area contributed by atoms with Crippen molar-refractivity contribution in [3.63, 3.8) is 0 Å². The SMILES string of the molecule is Cc1ccc(-c2cnc(CCC(=O)Nc3ccc(S(=O)(=O)NC4=NCCCCC4)cc3)o2)cc1. The number of benzene rings is 2. The van der Waals surface area contributed by atoms with Gasteiger partial charge in [-0.2, -0.15) is 0 Å². The molecule has 4 rings (SSSR count). The van der Waals surface area contributed by atoms with Crippen LogP contribution in [0.4, 0.5) is 5.69 Å². The molecule has 1 aromatic heterocycles. The fraction of sp³-hybridized carbons (Fsp3) is 0.320. The van der Waals surface area contributed by atoms with Crippen molar-refractivity contribution in [2.24, 2.45) is 4.99 Å². The number of nitrogens with one attached hydrogen (secondary N) is 2. The van der Waals surface area contributed by atoms with Gasteiger partial charge in [0.1, 0.15) is 5.84 Å². The number of aliphatic imine (C=N–C) groups is 1. The molecule has 1 aliphatic rings. The summed E-state index contributed by atoms with van der Waals surface area (Å²) in [5, 5.41) is 2.78. The average Bonchev–Trinajstić information content (AvgIpc) is 3.15. The maximum atomic E-state index is 12.6. The normalized spacial score (nSPS) is 14.2. The highest BCUT2D eigenvalue weighted by molar-refractivity contribution is 7.90. The summed E-state index contributed by atoms with van der Waals surface area (Å²) >= 11 is 0. The van der Waals surface area contributed by atoms with Gasteiger partial charge in [0.25, 0.3) is 10.0 Å². The molecular weight excluding hydrogens is 452 g/mol. The Morgan fingerprint density at radius 3 is 2.56 bits per heavy atom. The van der Waals surface area contributed by atoms with E-state index in [0.717, 1.165) is 30.4 Å². The second-order valence-corrected chi connectivity index (χ2v) is 9.98. The molecule has 0 unspecified atom stereocenters. The Hall–Kier alpha value is -3.46. The number of aryl methyl sites for hydroxylation is 2. The summed E-state index contributed by atoms with van der Waals surface area (Å²) in [5.41, 5.74) is 2.61. The lowest BCUT2D eigenvalue weighted by Gasteiger charge is -2.10. The number of amidine groups is 1. The van der Waals surface area contributed by atoms with E-state index in [4.69, 9.17) is 4.42 Å². The third-order valence-electron chi connectivity index (χ3n) is 5.53. The fourth-order valence-electron chi connectivity index (χ4n) is 3.61. The maximum absolute atomic E-state index is 12.6. The van der Waals surface area contributed by atoms with E-state index in [1.54, 1.807) is 18.3 Å². The van der Waals surface area contributed by atoms with E-state index in [0.29, 0.717) is 42.6 Å². The zero-order valence-corrected chi connectivity index (χ0v) is 19.9. The van der Waals surface area contributed by atoms with Crippen LogP contribution in [0, 0.1) is 6.92 Å². The topological polar surface area (TPSA) is 114 Å². The number of aromatic nitrogens is 1. The molecule has 0 atom stereocenters. The van der Waals surface area contributed by atoms with Gasteiger partial charge in [-0.25, -0.2) is 13.4 Å². The highest BCUT2D eigenvalue weighted by Gasteiger charge is 2.17. The van der Waals surface area contributed by atoms with E-state index < -0.39 is 10.0 Å². The predicted molar refractivity (Wildman–Crippen MR) is 131 cm³/mol. The number of amides is 1. The van der Waals surface area contributed by atoms with Gasteiger partial charge in [0, 0.05) is 37.1 Å². The summed E-state index contributed by atoms with van der Waals surface area (Å²) in [4.78, 5) is 21.0. The second-order valence-electron chi connectivity index (χ2n) is 8.30. The van der Waals surface area contributed by atoms with Crippen LogP contribution in [0.2, 0.25) is 0 Å². The zero-order chi connectivity index (χ0) is 24.0. The summed E-state index contributed by atoms with van der Waals surface area (Å²) in [6, 6.07) is 14.0. The molecule has 0 aliphatic carbocycles. The molecule has 8 nitrogen and oxygen atoms in total. The van der Waals surface area contributed by atoms with Crippen LogP contribution in [0.3, 0.4) is 0 Å². The molecule has 0 radical (unpaired) electrons. The number of nitrogens with zero attached hydrogens (tertiary/aromatic N) is 2. The highest BCUT2D eigenvalue weighted by atomic mass is 32.2. The third-order valence-corrected chi connectivity index (χ3v) is 6.93. The molecule has 178 valence electrons. The number of carbonyl (C=O) groups is 1. The van der Waals surface area contributed by atoms with Crippen molar-refractivity contribution in [3.05, 3.63) is 66.2 Å². The van der Waals surface area contributed by atoms with Crippen molar-refractivity contribution in [2.75, 3.05) is 11.9 Å². The first-order chi connectivity index (χ1) is 16.4. The van der Waals surface area contributed by atoms with Gasteiger partial charge < -0.3 is 9.73 Å². The van der Waals surface area contributed by atoms with Gasteiger partial charge in [-0.1, -0.05) is 36.2 Å². The van der Waals surface area contributed by atoms with Gasteiger partial charge in [-0.05, 0) is 44.0 Å². The smallest absolute Gasteiger partial charge is 0.262 e. The van der Waals surface area contributed by atoms with E-state index in [1.807, 2.05) is 31.2 Å². The van der Waals surface area contributed by atoms with Gasteiger partial charge in [0.15, 0.2) is 11.7 Å². The fourth-order valence-corrected chi connectivity index (χ4v) is 4.70. The lowest BCUT2D eigenvalue weighted by Crippen LogP contribution is -2.30. The van der Waals surface area contributed by atoms with Crippen molar-refractivity contribution < 1.29 is 17.6 Å². The van der Waals surface area contributed by atoms with Gasteiger partial charge in [-0.15, -0.1) is 0 Å². The number of sulfonamides is 1. The highest BCUT2D eigenvalue weighted by Crippen LogP contribution is 2.21. The molecule has 1 aliphatic heterocycles. The Morgan fingerprint density at radius 1 is 1.03 bits per heavy atom. The number of hydrogen-bond acceptors (Lipinski definition) is 6. The van der Waals surface area contributed by atoms with Crippen molar-refractivity contribution in [1.82, 2.24) is 9.71 Å². The number of hydrogen-bond donors (Lipinski definition) is 2. The summed E-state index contributed by atoms with van der Waals surface area (Å²) in [5.74, 6) is 1.44. The minimum absolute atomic E-state index is 0.126. The lowest BCUT2D eigenvalue weighted by atomic mass is 10.1. The molecule has 0 fully saturated rings.